The third-order valence-electron chi connectivity index (χ3n) is 2.95. The molecule has 1 aromatic heterocycles. The van der Waals surface area contributed by atoms with Crippen molar-refractivity contribution in [1.29, 1.82) is 0 Å². The van der Waals surface area contributed by atoms with Gasteiger partial charge >= 0.3 is 0 Å². The second-order valence-electron chi connectivity index (χ2n) is 4.56. The molecule has 3 nitrogen and oxygen atoms in total. The van der Waals surface area contributed by atoms with Gasteiger partial charge in [-0.15, -0.1) is 0 Å². The third kappa shape index (κ3) is 2.96. The molecule has 0 amide bonds. The molecule has 0 spiro atoms. The van der Waals surface area contributed by atoms with Crippen LogP contribution in [0.4, 0.5) is 4.39 Å². The van der Waals surface area contributed by atoms with Crippen molar-refractivity contribution in [1.82, 2.24) is 4.57 Å². The molecule has 0 fully saturated rings. The van der Waals surface area contributed by atoms with E-state index >= 15 is 0 Å². The van der Waals surface area contributed by atoms with Gasteiger partial charge in [0.1, 0.15) is 5.82 Å². The predicted molar refractivity (Wildman–Crippen MR) is 70.9 cm³/mol. The largest absolute Gasteiger partial charge is 0.308 e. The summed E-state index contributed by atoms with van der Waals surface area (Å²) >= 11 is 0. The average molecular weight is 259 g/mol. The van der Waals surface area contributed by atoms with Gasteiger partial charge in [0.15, 0.2) is 5.78 Å². The molecule has 19 heavy (non-hydrogen) atoms. The van der Waals surface area contributed by atoms with Gasteiger partial charge in [0.05, 0.1) is 6.54 Å². The van der Waals surface area contributed by atoms with E-state index in [1.54, 1.807) is 19.2 Å². The third-order valence-corrected chi connectivity index (χ3v) is 2.95. The molecule has 0 saturated carbocycles. The Morgan fingerprint density at radius 3 is 2.58 bits per heavy atom. The zero-order valence-electron chi connectivity index (χ0n) is 10.8. The smallest absolute Gasteiger partial charge is 0.251 e. The maximum absolute atomic E-state index is 13.1. The zero-order valence-corrected chi connectivity index (χ0v) is 10.8. The Morgan fingerprint density at radius 1 is 1.21 bits per heavy atom. The fourth-order valence-electron chi connectivity index (χ4n) is 1.80. The Hall–Kier alpha value is -2.23. The molecule has 0 N–H and O–H groups in total. The Bertz CT molecular complexity index is 689. The van der Waals surface area contributed by atoms with Gasteiger partial charge in [0, 0.05) is 17.8 Å². The average Bonchev–Trinajstić information content (AvgIpc) is 2.36. The molecular weight excluding hydrogens is 245 g/mol. The van der Waals surface area contributed by atoms with E-state index in [0.717, 1.165) is 5.56 Å². The van der Waals surface area contributed by atoms with E-state index in [2.05, 4.69) is 0 Å². The van der Waals surface area contributed by atoms with Gasteiger partial charge in [-0.2, -0.15) is 0 Å². The second kappa shape index (κ2) is 5.18. The summed E-state index contributed by atoms with van der Waals surface area (Å²) in [4.78, 5) is 23.7. The molecule has 0 aliphatic rings. The van der Waals surface area contributed by atoms with Crippen molar-refractivity contribution < 1.29 is 9.18 Å². The van der Waals surface area contributed by atoms with Crippen molar-refractivity contribution in [2.45, 2.75) is 20.4 Å². The van der Waals surface area contributed by atoms with Crippen LogP contribution in [0, 0.1) is 19.7 Å². The molecule has 0 bridgehead atoms. The Morgan fingerprint density at radius 2 is 1.95 bits per heavy atom. The number of ketones is 1. The van der Waals surface area contributed by atoms with Gasteiger partial charge in [0.25, 0.3) is 5.56 Å². The number of aromatic nitrogens is 1. The van der Waals surface area contributed by atoms with E-state index in [9.17, 15) is 14.0 Å². The zero-order chi connectivity index (χ0) is 14.0. The molecule has 0 aliphatic heterocycles. The van der Waals surface area contributed by atoms with Crippen LogP contribution in [0.15, 0.2) is 41.3 Å². The van der Waals surface area contributed by atoms with E-state index in [1.165, 1.54) is 28.8 Å². The lowest BCUT2D eigenvalue weighted by Crippen LogP contribution is -2.23. The van der Waals surface area contributed by atoms with E-state index in [-0.39, 0.29) is 23.7 Å². The van der Waals surface area contributed by atoms with Gasteiger partial charge in [-0.1, -0.05) is 0 Å². The molecule has 2 aromatic rings. The molecule has 98 valence electrons. The molecule has 0 unspecified atom stereocenters. The fourth-order valence-corrected chi connectivity index (χ4v) is 1.80. The van der Waals surface area contributed by atoms with Crippen molar-refractivity contribution in [3.63, 3.8) is 0 Å². The Labute approximate surface area is 110 Å². The van der Waals surface area contributed by atoms with E-state index < -0.39 is 0 Å². The molecule has 0 atom stereocenters. The predicted octanol–water partition coefficient (Wildman–Crippen LogP) is 2.49. The summed E-state index contributed by atoms with van der Waals surface area (Å²) in [6.07, 6.45) is 1.59. The SMILES string of the molecule is Cc1ccn(CC(=O)c2ccc(F)c(C)c2)c(=O)c1. The van der Waals surface area contributed by atoms with E-state index in [0.29, 0.717) is 11.1 Å². The molecule has 0 aliphatic carbocycles. The van der Waals surface area contributed by atoms with Crippen molar-refractivity contribution in [2.75, 3.05) is 0 Å². The topological polar surface area (TPSA) is 39.1 Å². The number of Topliss-reactive ketones (excluding diaryl/α,β-unsaturated/α-hetero) is 1. The summed E-state index contributed by atoms with van der Waals surface area (Å²) in [5.41, 5.74) is 1.46. The summed E-state index contributed by atoms with van der Waals surface area (Å²) in [6.45, 7) is 3.38. The van der Waals surface area contributed by atoms with Gasteiger partial charge in [-0.3, -0.25) is 9.59 Å². The lowest BCUT2D eigenvalue weighted by atomic mass is 10.1. The minimum absolute atomic E-state index is 0.0375. The maximum Gasteiger partial charge on any atom is 0.251 e. The first-order valence-electron chi connectivity index (χ1n) is 5.94. The highest BCUT2D eigenvalue weighted by molar-refractivity contribution is 5.96. The highest BCUT2D eigenvalue weighted by Gasteiger charge is 2.09. The maximum atomic E-state index is 13.1. The molecule has 4 heteroatoms. The van der Waals surface area contributed by atoms with Crippen molar-refractivity contribution >= 4 is 5.78 Å². The lowest BCUT2D eigenvalue weighted by Gasteiger charge is -2.06. The van der Waals surface area contributed by atoms with Crippen molar-refractivity contribution in [3.8, 4) is 0 Å². The number of nitrogens with zero attached hydrogens (tertiary/aromatic N) is 1. The number of halogens is 1. The van der Waals surface area contributed by atoms with Gasteiger partial charge in [-0.05, 0) is 49.2 Å². The highest BCUT2D eigenvalue weighted by Crippen LogP contribution is 2.10. The van der Waals surface area contributed by atoms with E-state index in [1.807, 2.05) is 6.92 Å². The van der Waals surface area contributed by atoms with Crippen LogP contribution in [0.5, 0.6) is 0 Å². The van der Waals surface area contributed by atoms with Crippen LogP contribution in [0.3, 0.4) is 0 Å². The summed E-state index contributed by atoms with van der Waals surface area (Å²) in [7, 11) is 0. The number of hydrogen-bond donors (Lipinski definition) is 0. The summed E-state index contributed by atoms with van der Waals surface area (Å²) < 4.78 is 14.5. The lowest BCUT2D eigenvalue weighted by molar-refractivity contribution is 0.0970. The fraction of sp³-hybridized carbons (Fsp3) is 0.200. The number of carbonyl (C=O) groups excluding carboxylic acids is 1. The number of aryl methyl sites for hydroxylation is 2. The molecule has 0 saturated heterocycles. The summed E-state index contributed by atoms with van der Waals surface area (Å²) in [5, 5.41) is 0. The Balaban J connectivity index is 2.25. The van der Waals surface area contributed by atoms with Crippen LogP contribution < -0.4 is 5.56 Å². The number of carbonyl (C=O) groups is 1. The minimum Gasteiger partial charge on any atom is -0.308 e. The van der Waals surface area contributed by atoms with Crippen LogP contribution in [0.2, 0.25) is 0 Å². The monoisotopic (exact) mass is 259 g/mol. The van der Waals surface area contributed by atoms with Gasteiger partial charge < -0.3 is 4.57 Å². The van der Waals surface area contributed by atoms with Crippen molar-refractivity contribution in [2.24, 2.45) is 0 Å². The standard InChI is InChI=1S/C15H14FNO2/c1-10-5-6-17(15(19)7-10)9-14(18)12-3-4-13(16)11(2)8-12/h3-8H,9H2,1-2H3. The molecule has 1 heterocycles. The van der Waals surface area contributed by atoms with Crippen molar-refractivity contribution in [3.05, 3.63) is 69.4 Å². The van der Waals surface area contributed by atoms with Crippen LogP contribution in [-0.4, -0.2) is 10.4 Å². The molecule has 2 rings (SSSR count). The minimum atomic E-state index is -0.343. The molecule has 0 radical (unpaired) electrons. The quantitative estimate of drug-likeness (QED) is 0.794. The number of pyridine rings is 1. The number of hydrogen-bond acceptors (Lipinski definition) is 2. The van der Waals surface area contributed by atoms with Crippen LogP contribution in [0.25, 0.3) is 0 Å². The second-order valence-corrected chi connectivity index (χ2v) is 4.56. The van der Waals surface area contributed by atoms with Gasteiger partial charge in [0.2, 0.25) is 0 Å². The number of rotatable bonds is 3. The first-order chi connectivity index (χ1) is 8.97. The normalized spacial score (nSPS) is 10.5. The summed E-state index contributed by atoms with van der Waals surface area (Å²) in [6, 6.07) is 7.44. The Kier molecular flexibility index (Phi) is 3.60. The van der Waals surface area contributed by atoms with E-state index in [4.69, 9.17) is 0 Å². The van der Waals surface area contributed by atoms with Crippen LogP contribution >= 0.6 is 0 Å². The molecule has 1 aromatic carbocycles. The first kappa shape index (κ1) is 13.2. The van der Waals surface area contributed by atoms with Crippen LogP contribution in [-0.2, 0) is 6.54 Å². The first-order valence-corrected chi connectivity index (χ1v) is 5.94. The van der Waals surface area contributed by atoms with Gasteiger partial charge in [-0.25, -0.2) is 4.39 Å². The summed E-state index contributed by atoms with van der Waals surface area (Å²) in [5.74, 6) is -0.557. The number of benzene rings is 1. The van der Waals surface area contributed by atoms with Crippen LogP contribution in [0.1, 0.15) is 21.5 Å². The highest BCUT2D eigenvalue weighted by atomic mass is 19.1. The molecular formula is C15H14FNO2.